The second-order valence-corrected chi connectivity index (χ2v) is 10.9. The summed E-state index contributed by atoms with van der Waals surface area (Å²) in [5.74, 6) is -0.909. The third-order valence-electron chi connectivity index (χ3n) is 6.20. The molecule has 0 radical (unpaired) electrons. The minimum absolute atomic E-state index is 0.0137. The van der Waals surface area contributed by atoms with Crippen molar-refractivity contribution in [2.45, 2.75) is 37.7 Å². The van der Waals surface area contributed by atoms with Crippen LogP contribution in [0.25, 0.3) is 0 Å². The molecular weight excluding hydrogens is 490 g/mol. The molecule has 4 rings (SSSR count). The molecule has 3 aromatic carbocycles. The Morgan fingerprint density at radius 2 is 1.73 bits per heavy atom. The van der Waals surface area contributed by atoms with Crippen LogP contribution in [-0.4, -0.2) is 46.0 Å². The molecule has 0 unspecified atom stereocenters. The zero-order valence-electron chi connectivity index (χ0n) is 20.9. The van der Waals surface area contributed by atoms with Gasteiger partial charge >= 0.3 is 0 Å². The van der Waals surface area contributed by atoms with Gasteiger partial charge in [-0.2, -0.15) is 0 Å². The van der Waals surface area contributed by atoms with Crippen molar-refractivity contribution in [3.63, 3.8) is 0 Å². The van der Waals surface area contributed by atoms with Crippen LogP contribution in [0, 0.1) is 13.8 Å². The van der Waals surface area contributed by atoms with Crippen molar-refractivity contribution >= 4 is 33.2 Å². The highest BCUT2D eigenvalue weighted by atomic mass is 32.2. The lowest BCUT2D eigenvalue weighted by atomic mass is 10.1. The lowest BCUT2D eigenvalue weighted by molar-refractivity contribution is -0.114. The third kappa shape index (κ3) is 6.36. The summed E-state index contributed by atoms with van der Waals surface area (Å²) >= 11 is 0. The van der Waals surface area contributed by atoms with E-state index >= 15 is 0 Å². The van der Waals surface area contributed by atoms with Gasteiger partial charge in [-0.3, -0.25) is 13.9 Å². The predicted octanol–water partition coefficient (Wildman–Crippen LogP) is 4.05. The summed E-state index contributed by atoms with van der Waals surface area (Å²) in [4.78, 5) is 26.1. The van der Waals surface area contributed by atoms with Crippen molar-refractivity contribution in [3.05, 3.63) is 89.5 Å². The van der Waals surface area contributed by atoms with Crippen LogP contribution in [0.3, 0.4) is 0 Å². The quantitative estimate of drug-likeness (QED) is 0.442. The molecule has 8 nitrogen and oxygen atoms in total. The second-order valence-electron chi connectivity index (χ2n) is 9.05. The number of hydrogen-bond donors (Lipinski definition) is 2. The first-order valence-electron chi connectivity index (χ1n) is 12.2. The number of carbonyl (C=O) groups is 2. The van der Waals surface area contributed by atoms with Crippen LogP contribution in [0.15, 0.2) is 77.7 Å². The van der Waals surface area contributed by atoms with Crippen LogP contribution >= 0.6 is 0 Å². The van der Waals surface area contributed by atoms with Crippen molar-refractivity contribution in [2.75, 3.05) is 29.3 Å². The highest BCUT2D eigenvalue weighted by Gasteiger charge is 2.28. The van der Waals surface area contributed by atoms with Crippen LogP contribution in [0.4, 0.5) is 11.4 Å². The van der Waals surface area contributed by atoms with Crippen LogP contribution in [0.1, 0.15) is 34.3 Å². The molecule has 0 aromatic heterocycles. The number of carbonyl (C=O) groups excluding carboxylic acids is 2. The molecule has 1 aliphatic heterocycles. The van der Waals surface area contributed by atoms with E-state index in [4.69, 9.17) is 4.74 Å². The number of nitrogens with one attached hydrogen (secondary N) is 2. The fraction of sp³-hybridized carbons (Fsp3) is 0.286. The number of sulfonamides is 1. The fourth-order valence-corrected chi connectivity index (χ4v) is 5.83. The molecule has 0 saturated carbocycles. The molecule has 1 saturated heterocycles. The molecule has 1 aliphatic rings. The van der Waals surface area contributed by atoms with Crippen molar-refractivity contribution in [2.24, 2.45) is 0 Å². The van der Waals surface area contributed by atoms with E-state index in [1.807, 2.05) is 13.0 Å². The van der Waals surface area contributed by atoms with Gasteiger partial charge in [0.25, 0.3) is 15.9 Å². The van der Waals surface area contributed by atoms with Gasteiger partial charge in [0.1, 0.15) is 6.54 Å². The van der Waals surface area contributed by atoms with Gasteiger partial charge in [-0.15, -0.1) is 0 Å². The third-order valence-corrected chi connectivity index (χ3v) is 7.97. The Morgan fingerprint density at radius 1 is 1.00 bits per heavy atom. The summed E-state index contributed by atoms with van der Waals surface area (Å²) in [6.07, 6.45) is 1.85. The number of rotatable bonds is 9. The topological polar surface area (TPSA) is 105 Å². The molecule has 37 heavy (non-hydrogen) atoms. The summed E-state index contributed by atoms with van der Waals surface area (Å²) in [6.45, 7) is 4.34. The molecule has 9 heteroatoms. The van der Waals surface area contributed by atoms with E-state index in [1.165, 1.54) is 12.1 Å². The van der Waals surface area contributed by atoms with E-state index in [0.29, 0.717) is 24.5 Å². The zero-order chi connectivity index (χ0) is 26.4. The molecule has 2 N–H and O–H groups in total. The van der Waals surface area contributed by atoms with Gasteiger partial charge in [-0.25, -0.2) is 8.42 Å². The maximum atomic E-state index is 13.6. The fourth-order valence-electron chi connectivity index (χ4n) is 4.32. The molecule has 3 aromatic rings. The Hall–Kier alpha value is -3.69. The van der Waals surface area contributed by atoms with Crippen molar-refractivity contribution in [1.82, 2.24) is 5.32 Å². The molecular formula is C28H31N3O5S. The smallest absolute Gasteiger partial charge is 0.264 e. The molecule has 2 amide bonds. The lowest BCUT2D eigenvalue weighted by Crippen LogP contribution is -2.39. The Morgan fingerprint density at radius 3 is 2.43 bits per heavy atom. The lowest BCUT2D eigenvalue weighted by Gasteiger charge is -2.26. The van der Waals surface area contributed by atoms with Crippen molar-refractivity contribution in [1.29, 1.82) is 0 Å². The monoisotopic (exact) mass is 521 g/mol. The highest BCUT2D eigenvalue weighted by molar-refractivity contribution is 7.92. The summed E-state index contributed by atoms with van der Waals surface area (Å²) < 4.78 is 33.9. The standard InChI is InChI=1S/C28H31N3O5S/c1-20-14-15-26(21(2)17-20)31(37(34,35)23-10-4-3-5-11-23)19-27(32)30-25-13-7-6-12-24(25)28(33)29-18-22-9-8-16-36-22/h3-7,10-15,17,22H,8-9,16,18-19H2,1-2H3,(H,29,33)(H,30,32)/t22-/m1/s1. The molecule has 1 heterocycles. The van der Waals surface area contributed by atoms with Gasteiger partial charge < -0.3 is 15.4 Å². The van der Waals surface area contributed by atoms with E-state index in [9.17, 15) is 18.0 Å². The van der Waals surface area contributed by atoms with Gasteiger partial charge in [0, 0.05) is 13.2 Å². The summed E-state index contributed by atoms with van der Waals surface area (Å²) in [6, 6.07) is 20.0. The van der Waals surface area contributed by atoms with Gasteiger partial charge in [0.15, 0.2) is 0 Å². The number of amides is 2. The first kappa shape index (κ1) is 26.4. The van der Waals surface area contributed by atoms with E-state index < -0.39 is 22.5 Å². The number of anilines is 2. The van der Waals surface area contributed by atoms with Crippen LogP contribution in [0.2, 0.25) is 0 Å². The van der Waals surface area contributed by atoms with Gasteiger partial charge in [-0.1, -0.05) is 48.0 Å². The Bertz CT molecular complexity index is 1370. The number of para-hydroxylation sites is 1. The average molecular weight is 522 g/mol. The summed E-state index contributed by atoms with van der Waals surface area (Å²) in [7, 11) is -4.04. The molecule has 0 aliphatic carbocycles. The molecule has 0 spiro atoms. The maximum Gasteiger partial charge on any atom is 0.264 e. The van der Waals surface area contributed by atoms with E-state index in [0.717, 1.165) is 28.3 Å². The molecule has 1 fully saturated rings. The molecule has 0 bridgehead atoms. The number of ether oxygens (including phenoxy) is 1. The maximum absolute atomic E-state index is 13.6. The van der Waals surface area contributed by atoms with Gasteiger partial charge in [0.05, 0.1) is 27.9 Å². The van der Waals surface area contributed by atoms with Crippen LogP contribution < -0.4 is 14.9 Å². The average Bonchev–Trinajstić information content (AvgIpc) is 3.41. The van der Waals surface area contributed by atoms with Crippen LogP contribution in [0.5, 0.6) is 0 Å². The largest absolute Gasteiger partial charge is 0.376 e. The second kappa shape index (κ2) is 11.6. The SMILES string of the molecule is Cc1ccc(N(CC(=O)Nc2ccccc2C(=O)NC[C@H]2CCCO2)S(=O)(=O)c2ccccc2)c(C)c1. The van der Waals surface area contributed by atoms with E-state index in [-0.39, 0.29) is 22.5 Å². The normalized spacial score (nSPS) is 15.2. The van der Waals surface area contributed by atoms with Gasteiger partial charge in [0.2, 0.25) is 5.91 Å². The molecule has 194 valence electrons. The van der Waals surface area contributed by atoms with E-state index in [1.54, 1.807) is 61.5 Å². The van der Waals surface area contributed by atoms with E-state index in [2.05, 4.69) is 10.6 Å². The summed E-state index contributed by atoms with van der Waals surface area (Å²) in [5, 5.41) is 5.60. The minimum atomic E-state index is -4.04. The van der Waals surface area contributed by atoms with Crippen LogP contribution in [-0.2, 0) is 19.6 Å². The number of benzene rings is 3. The van der Waals surface area contributed by atoms with Crippen molar-refractivity contribution < 1.29 is 22.7 Å². The van der Waals surface area contributed by atoms with Gasteiger partial charge in [-0.05, 0) is 62.6 Å². The summed E-state index contributed by atoms with van der Waals surface area (Å²) in [5.41, 5.74) is 2.70. The number of nitrogens with zero attached hydrogens (tertiary/aromatic N) is 1. The predicted molar refractivity (Wildman–Crippen MR) is 143 cm³/mol. The first-order valence-corrected chi connectivity index (χ1v) is 13.6. The highest BCUT2D eigenvalue weighted by Crippen LogP contribution is 2.28. The van der Waals surface area contributed by atoms with Crippen molar-refractivity contribution in [3.8, 4) is 0 Å². The number of aryl methyl sites for hydroxylation is 2. The zero-order valence-corrected chi connectivity index (χ0v) is 21.8. The first-order chi connectivity index (χ1) is 17.8. The molecule has 1 atom stereocenters. The Kier molecular flexibility index (Phi) is 8.25. The number of hydrogen-bond acceptors (Lipinski definition) is 5. The Balaban J connectivity index is 1.57. The Labute approximate surface area is 217 Å². The minimum Gasteiger partial charge on any atom is -0.376 e.